The van der Waals surface area contributed by atoms with Gasteiger partial charge in [-0.15, -0.1) is 0 Å². The van der Waals surface area contributed by atoms with Crippen molar-refractivity contribution in [2.24, 2.45) is 5.73 Å². The van der Waals surface area contributed by atoms with Gasteiger partial charge in [0.1, 0.15) is 104 Å². The van der Waals surface area contributed by atoms with Gasteiger partial charge >= 0.3 is 11.7 Å². The molecule has 0 aromatic carbocycles. The minimum Gasteiger partial charge on any atom is -0.394 e. The van der Waals surface area contributed by atoms with Crippen LogP contribution in [0.15, 0.2) is 93.6 Å². The SMILES string of the molecule is NC1C=CN([C@H]2C[C@@H](O)[C@@H](CO)O2)C(=O)N1.Nc1nc2c(ccn2[C@H]2C[C@@H](O)[C@@H](CO)O2)c(=O)[nH]1.Nc1nc2c(ncn2[C@H]2C[C@@H](O)[C@@H](CO)O2)c(=O)[nH]1.Nc1ncnc2c1ccn2[C@H]1C[C@@H](O)[C@@H](CO)O1.Nc1ncnc2c1ncn2[C@H]1C[C@@H](O)[C@@H](CO)O1.O=c1ccn([C@H]2C[C@@H](O)[C@@H](CO)O2)c(=O)[nH]1. The van der Waals surface area contributed by atoms with E-state index in [0.29, 0.717) is 58.7 Å². The van der Waals surface area contributed by atoms with E-state index in [4.69, 9.17) is 87.7 Å². The largest absolute Gasteiger partial charge is 0.394 e. The van der Waals surface area contributed by atoms with Crippen LogP contribution in [0, 0.1) is 0 Å². The van der Waals surface area contributed by atoms with Crippen LogP contribution in [-0.2, 0) is 28.4 Å². The number of rotatable bonds is 12. The van der Waals surface area contributed by atoms with Gasteiger partial charge in [0.25, 0.3) is 16.7 Å². The van der Waals surface area contributed by atoms with Crippen molar-refractivity contribution in [1.29, 1.82) is 0 Å². The van der Waals surface area contributed by atoms with Gasteiger partial charge in [0.15, 0.2) is 28.3 Å². The normalized spacial score (nSPS) is 29.6. The van der Waals surface area contributed by atoms with E-state index in [9.17, 15) is 54.6 Å². The summed E-state index contributed by atoms with van der Waals surface area (Å²) in [6, 6.07) is 4.25. The lowest BCUT2D eigenvalue weighted by Crippen LogP contribution is -2.52. The smallest absolute Gasteiger partial charge is 0.330 e. The van der Waals surface area contributed by atoms with E-state index in [1.165, 1.54) is 51.5 Å². The van der Waals surface area contributed by atoms with E-state index in [-0.39, 0.29) is 99.8 Å². The lowest BCUT2D eigenvalue weighted by molar-refractivity contribution is -0.0542. The summed E-state index contributed by atoms with van der Waals surface area (Å²) in [5.74, 6) is 0.721. The molecule has 0 saturated carbocycles. The molecule has 0 radical (unpaired) electrons. The van der Waals surface area contributed by atoms with Crippen molar-refractivity contribution in [3.63, 3.8) is 0 Å². The van der Waals surface area contributed by atoms with Gasteiger partial charge in [0, 0.05) is 69.4 Å². The van der Waals surface area contributed by atoms with Crippen LogP contribution < -0.4 is 56.4 Å². The molecule has 46 heteroatoms. The molecule has 46 nitrogen and oxygen atoms in total. The van der Waals surface area contributed by atoms with Crippen LogP contribution in [-0.4, -0.2) is 275 Å². The first-order valence-electron chi connectivity index (χ1n) is 32.9. The second-order valence-corrected chi connectivity index (χ2v) is 24.9. The highest BCUT2D eigenvalue weighted by molar-refractivity contribution is 5.86. The minimum absolute atomic E-state index is 0.0171. The number of imidazole rings is 2. The number of nitrogens with zero attached hydrogens (tertiary/aromatic N) is 14. The van der Waals surface area contributed by atoms with Gasteiger partial charge in [-0.1, -0.05) is 0 Å². The summed E-state index contributed by atoms with van der Waals surface area (Å²) in [5.41, 5.74) is 28.7. The number of aliphatic hydroxyl groups excluding tert-OH is 12. The summed E-state index contributed by atoms with van der Waals surface area (Å²) in [6.07, 6.45) is 3.83. The molecule has 26 N–H and O–H groups in total. The number of fused-ring (bicyclic) bond motifs is 4. The second kappa shape index (κ2) is 33.7. The summed E-state index contributed by atoms with van der Waals surface area (Å²) in [6.45, 7) is -1.53. The Morgan fingerprint density at radius 1 is 0.425 bits per heavy atom. The highest BCUT2D eigenvalue weighted by Crippen LogP contribution is 2.36. The van der Waals surface area contributed by atoms with Crippen molar-refractivity contribution in [1.82, 2.24) is 87.9 Å². The van der Waals surface area contributed by atoms with Crippen LogP contribution in [0.4, 0.5) is 28.3 Å². The zero-order valence-corrected chi connectivity index (χ0v) is 55.9. The van der Waals surface area contributed by atoms with Crippen molar-refractivity contribution in [2.45, 2.75) is 155 Å². The third-order valence-electron chi connectivity index (χ3n) is 18.0. The number of carbonyl (C=O) groups excluding carboxylic acids is 1. The van der Waals surface area contributed by atoms with Crippen LogP contribution in [0.5, 0.6) is 0 Å². The number of H-pyrrole nitrogens is 3. The number of aromatic amines is 3. The molecule has 106 heavy (non-hydrogen) atoms. The van der Waals surface area contributed by atoms with Gasteiger partial charge in [-0.05, 0) is 18.2 Å². The highest BCUT2D eigenvalue weighted by Gasteiger charge is 2.42. The van der Waals surface area contributed by atoms with Crippen molar-refractivity contribution in [3.05, 3.63) is 116 Å². The summed E-state index contributed by atoms with van der Waals surface area (Å²) in [5, 5.41) is 116. The molecule has 0 aliphatic carbocycles. The molecule has 7 aliphatic rings. The molecule has 19 atom stereocenters. The van der Waals surface area contributed by atoms with Crippen LogP contribution in [0.3, 0.4) is 0 Å². The maximum atomic E-state index is 11.7. The number of hydrogen-bond donors (Lipinski definition) is 21. The maximum absolute atomic E-state index is 11.7. The lowest BCUT2D eigenvalue weighted by Gasteiger charge is -2.29. The summed E-state index contributed by atoms with van der Waals surface area (Å²) in [4.78, 5) is 97.5. The Labute approximate surface area is 594 Å². The topological polar surface area (TPSA) is 704 Å². The summed E-state index contributed by atoms with van der Waals surface area (Å²) >= 11 is 0. The van der Waals surface area contributed by atoms with E-state index in [1.807, 2.05) is 6.07 Å². The number of aromatic nitrogens is 16. The molecule has 1 unspecified atom stereocenters. The predicted molar refractivity (Wildman–Crippen MR) is 362 cm³/mol. The Kier molecular flexibility index (Phi) is 24.5. The molecule has 6 fully saturated rings. The zero-order valence-electron chi connectivity index (χ0n) is 55.9. The number of anilines is 4. The second-order valence-electron chi connectivity index (χ2n) is 24.9. The molecule has 0 bridgehead atoms. The van der Waals surface area contributed by atoms with Crippen molar-refractivity contribution >= 4 is 74.0 Å². The number of nitrogen functional groups attached to an aromatic ring is 4. The number of amides is 2. The molecule has 16 rings (SSSR count). The quantitative estimate of drug-likeness (QED) is 0.0540. The van der Waals surface area contributed by atoms with E-state index in [0.717, 1.165) is 5.39 Å². The molecule has 16 heterocycles. The summed E-state index contributed by atoms with van der Waals surface area (Å²) < 4.78 is 40.6. The first kappa shape index (κ1) is 77.2. The van der Waals surface area contributed by atoms with Gasteiger partial charge in [0.05, 0.1) is 106 Å². The monoisotopic (exact) mass is 1490 g/mol. The molecule has 574 valence electrons. The third kappa shape index (κ3) is 16.8. The fraction of sp³-hybridized carbons (Fsp3) is 0.517. The van der Waals surface area contributed by atoms with Crippen LogP contribution >= 0.6 is 0 Å². The van der Waals surface area contributed by atoms with Gasteiger partial charge in [-0.25, -0.2) is 39.5 Å². The van der Waals surface area contributed by atoms with Crippen LogP contribution in [0.2, 0.25) is 0 Å². The highest BCUT2D eigenvalue weighted by atomic mass is 16.6. The predicted octanol–water partition coefficient (Wildman–Crippen LogP) is -7.55. The minimum atomic E-state index is -0.811. The fourth-order valence-corrected chi connectivity index (χ4v) is 12.5. The zero-order chi connectivity index (χ0) is 75.9. The summed E-state index contributed by atoms with van der Waals surface area (Å²) in [7, 11) is 0. The molecular formula is C60H81N23O23. The maximum Gasteiger partial charge on any atom is 0.330 e. The molecular weight excluding hydrogens is 1410 g/mol. The number of hydrogen-bond acceptors (Lipinski definition) is 36. The van der Waals surface area contributed by atoms with E-state index < -0.39 is 127 Å². The average Bonchev–Trinajstić information content (AvgIpc) is 1.34. The number of carbonyl (C=O) groups is 1. The number of ether oxygens (including phenoxy) is 6. The van der Waals surface area contributed by atoms with E-state index >= 15 is 0 Å². The van der Waals surface area contributed by atoms with Crippen molar-refractivity contribution in [3.8, 4) is 0 Å². The van der Waals surface area contributed by atoms with Crippen LogP contribution in [0.25, 0.3) is 44.4 Å². The Balaban J connectivity index is 0.000000127. The Hall–Kier alpha value is -9.93. The Morgan fingerprint density at radius 3 is 1.30 bits per heavy atom. The standard InChI is InChI=1S/C11H14N4O4.C11H14N4O3.C10H13N5O4.C10H13N5O3.C9H15N3O4.C9H12N2O5/c12-11-13-9-5(10(18)14-11)1-2-15(9)8-3-6(17)7(4-16)19-8;12-10-6-1-2-15(11(6)14-5-13-10)9-3-7(17)8(4-16)18-9;11-10-13-8-7(9(18)14-10)12-3-15(8)6-1-4(17)5(2-16)19-6;11-9-8-10(13-3-12-9)15(4-14-8)7-1-5(17)6(2-16)18-7;10-7-1-2-12(9(15)11-7)8-3-5(14)6(4-13)16-8;12-4-6-5(13)3-8(16-6)11-2-1-7(14)10-9(11)15/h1-2,6-8,16-17H,3-4H2,(H3,12,13,14,18);1-2,5,7-9,16-17H,3-4H2,(H2,12,13,14);3-6,16-17H,1-2H2,(H3,11,13,14,18);3-7,16-17H,1-2H2,(H2,11,12,13);1-2,5-8,13-14H,3-4,10H2,(H,11,15);1-2,5-6,8,12-13H,3-4H2,(H,10,14,15)/t6-,7-,8-;7-,8-,9-;4-,5-,6-;5-,6-,7-;5-,6-,7?,8-;5-,6-,8-/m111111/s1. The number of nitrogens with one attached hydrogen (secondary N) is 4. The van der Waals surface area contributed by atoms with Gasteiger partial charge in [-0.3, -0.25) is 47.9 Å². The number of urea groups is 1. The Morgan fingerprint density at radius 2 is 0.821 bits per heavy atom. The molecule has 7 aliphatic heterocycles. The third-order valence-corrected chi connectivity index (χ3v) is 18.0. The molecule has 6 saturated heterocycles. The molecule has 0 spiro atoms. The molecule has 9 aromatic heterocycles. The van der Waals surface area contributed by atoms with Crippen molar-refractivity contribution in [2.75, 3.05) is 62.6 Å². The first-order chi connectivity index (χ1) is 50.8. The molecule has 2 amide bonds. The van der Waals surface area contributed by atoms with Gasteiger partial charge < -0.3 is 133 Å². The number of aliphatic hydroxyl groups is 12. The van der Waals surface area contributed by atoms with Gasteiger partial charge in [-0.2, -0.15) is 9.97 Å². The van der Waals surface area contributed by atoms with E-state index in [2.05, 4.69) is 60.1 Å². The van der Waals surface area contributed by atoms with E-state index in [1.54, 1.807) is 44.6 Å². The average molecular weight is 1490 g/mol. The first-order valence-corrected chi connectivity index (χ1v) is 32.9. The Bertz CT molecular complexity index is 4540. The lowest BCUT2D eigenvalue weighted by atomic mass is 10.2. The van der Waals surface area contributed by atoms with Crippen LogP contribution in [0.1, 0.15) is 69.7 Å². The van der Waals surface area contributed by atoms with Crippen molar-refractivity contribution < 1.29 is 94.5 Å². The molecule has 9 aromatic rings. The number of nitrogens with two attached hydrogens (primary N) is 5. The van der Waals surface area contributed by atoms with Gasteiger partial charge in [0.2, 0.25) is 11.9 Å². The fourth-order valence-electron chi connectivity index (χ4n) is 12.5.